The second-order valence-electron chi connectivity index (χ2n) is 6.47. The van der Waals surface area contributed by atoms with Gasteiger partial charge in [-0.05, 0) is 43.9 Å². The molecule has 1 heterocycles. The molecule has 142 valence electrons. The summed E-state index contributed by atoms with van der Waals surface area (Å²) in [4.78, 5) is 25.9. The molecule has 0 unspecified atom stereocenters. The molecule has 0 aliphatic rings. The van der Waals surface area contributed by atoms with E-state index in [2.05, 4.69) is 15.5 Å². The molecule has 27 heavy (non-hydrogen) atoms. The van der Waals surface area contributed by atoms with Gasteiger partial charge in [-0.25, -0.2) is 0 Å². The number of ether oxygens (including phenoxy) is 1. The number of nitrogens with one attached hydrogen (secondary N) is 2. The van der Waals surface area contributed by atoms with E-state index in [1.807, 2.05) is 38.4 Å². The van der Waals surface area contributed by atoms with Gasteiger partial charge in [-0.15, -0.1) is 0 Å². The minimum absolute atomic E-state index is 0.0261. The van der Waals surface area contributed by atoms with Crippen molar-refractivity contribution in [3.05, 3.63) is 74.4 Å². The van der Waals surface area contributed by atoms with Gasteiger partial charge in [0.25, 0.3) is 10.9 Å². The van der Waals surface area contributed by atoms with E-state index < -0.39 is 10.9 Å². The lowest BCUT2D eigenvalue weighted by Crippen LogP contribution is -2.39. The average molecular weight is 369 g/mol. The predicted molar refractivity (Wildman–Crippen MR) is 105 cm³/mol. The highest BCUT2D eigenvalue weighted by Crippen LogP contribution is 2.23. The first kappa shape index (κ1) is 18.7. The van der Waals surface area contributed by atoms with Crippen LogP contribution in [0.5, 0.6) is 5.75 Å². The number of methoxy groups -OCH3 is 1. The lowest BCUT2D eigenvalue weighted by Gasteiger charge is -2.26. The van der Waals surface area contributed by atoms with Crippen LogP contribution < -0.4 is 26.2 Å². The SMILES string of the molecule is COc1ccc([C@H](CNc2c(NCc3ccco3)c(=O)c2=O)N(C)C)cc1. The van der Waals surface area contributed by atoms with E-state index >= 15 is 0 Å². The summed E-state index contributed by atoms with van der Waals surface area (Å²) in [6.07, 6.45) is 1.56. The van der Waals surface area contributed by atoms with Crippen molar-refractivity contribution in [3.8, 4) is 5.75 Å². The standard InChI is InChI=1S/C20H23N3O4/c1-23(2)16(13-6-8-14(26-3)9-7-13)12-22-18-17(19(24)20(18)25)21-11-15-5-4-10-27-15/h4-10,16,21-22H,11-12H2,1-3H3/t16-/m0/s1. The summed E-state index contributed by atoms with van der Waals surface area (Å²) in [6.45, 7) is 0.835. The van der Waals surface area contributed by atoms with Gasteiger partial charge >= 0.3 is 0 Å². The molecule has 0 aliphatic heterocycles. The number of anilines is 2. The lowest BCUT2D eigenvalue weighted by atomic mass is 10.0. The molecule has 0 amide bonds. The fraction of sp³-hybridized carbons (Fsp3) is 0.300. The van der Waals surface area contributed by atoms with E-state index in [0.717, 1.165) is 11.3 Å². The van der Waals surface area contributed by atoms with Gasteiger partial charge in [0.2, 0.25) is 0 Å². The Balaban J connectivity index is 1.69. The van der Waals surface area contributed by atoms with Gasteiger partial charge in [0.05, 0.1) is 26.0 Å². The molecule has 0 saturated heterocycles. The zero-order valence-electron chi connectivity index (χ0n) is 15.6. The van der Waals surface area contributed by atoms with Crippen molar-refractivity contribution in [1.29, 1.82) is 0 Å². The highest BCUT2D eigenvalue weighted by atomic mass is 16.5. The van der Waals surface area contributed by atoms with Gasteiger partial charge < -0.3 is 24.7 Å². The van der Waals surface area contributed by atoms with E-state index in [1.54, 1.807) is 25.5 Å². The van der Waals surface area contributed by atoms with Crippen LogP contribution in [0.15, 0.2) is 56.7 Å². The van der Waals surface area contributed by atoms with Crippen molar-refractivity contribution in [1.82, 2.24) is 4.90 Å². The summed E-state index contributed by atoms with van der Waals surface area (Å²) in [7, 11) is 5.56. The van der Waals surface area contributed by atoms with Crippen LogP contribution in [0.25, 0.3) is 0 Å². The van der Waals surface area contributed by atoms with Crippen LogP contribution >= 0.6 is 0 Å². The number of hydrogen-bond donors (Lipinski definition) is 2. The molecule has 2 N–H and O–H groups in total. The van der Waals surface area contributed by atoms with Crippen molar-refractivity contribution in [2.24, 2.45) is 0 Å². The lowest BCUT2D eigenvalue weighted by molar-refractivity contribution is 0.311. The molecular weight excluding hydrogens is 346 g/mol. The molecule has 3 aromatic rings. The Kier molecular flexibility index (Phi) is 5.61. The maximum absolute atomic E-state index is 12.0. The molecule has 0 saturated carbocycles. The molecule has 0 bridgehead atoms. The van der Waals surface area contributed by atoms with E-state index in [0.29, 0.717) is 30.2 Å². The minimum atomic E-state index is -0.505. The third kappa shape index (κ3) is 4.03. The van der Waals surface area contributed by atoms with Gasteiger partial charge in [0.15, 0.2) is 0 Å². The monoisotopic (exact) mass is 369 g/mol. The zero-order valence-corrected chi connectivity index (χ0v) is 15.6. The Morgan fingerprint density at radius 1 is 1.04 bits per heavy atom. The van der Waals surface area contributed by atoms with Gasteiger partial charge in [0, 0.05) is 6.54 Å². The maximum Gasteiger partial charge on any atom is 0.253 e. The smallest absolute Gasteiger partial charge is 0.253 e. The third-order valence-electron chi connectivity index (χ3n) is 4.53. The predicted octanol–water partition coefficient (Wildman–Crippen LogP) is 2.21. The first-order valence-corrected chi connectivity index (χ1v) is 8.65. The molecule has 0 fully saturated rings. The number of furan rings is 1. The second kappa shape index (κ2) is 8.09. The summed E-state index contributed by atoms with van der Waals surface area (Å²) in [6, 6.07) is 11.4. The first-order chi connectivity index (χ1) is 13.0. The number of rotatable bonds is 9. The number of benzene rings is 1. The molecule has 1 aromatic heterocycles. The molecule has 0 radical (unpaired) electrons. The Hall–Kier alpha value is -3.06. The molecule has 0 spiro atoms. The highest BCUT2D eigenvalue weighted by molar-refractivity contribution is 5.74. The largest absolute Gasteiger partial charge is 0.497 e. The molecule has 3 rings (SSSR count). The average Bonchev–Trinajstić information content (AvgIpc) is 3.20. The number of likely N-dealkylation sites (N-methyl/N-ethyl adjacent to an activating group) is 1. The number of nitrogens with zero attached hydrogens (tertiary/aromatic N) is 1. The van der Waals surface area contributed by atoms with Gasteiger partial charge in [-0.2, -0.15) is 0 Å². The van der Waals surface area contributed by atoms with Crippen LogP contribution in [0.3, 0.4) is 0 Å². The zero-order chi connectivity index (χ0) is 19.4. The summed E-state index contributed by atoms with van der Waals surface area (Å²) in [5.74, 6) is 1.48. The molecule has 7 nitrogen and oxygen atoms in total. The van der Waals surface area contributed by atoms with Crippen LogP contribution in [-0.4, -0.2) is 32.6 Å². The van der Waals surface area contributed by atoms with Crippen molar-refractivity contribution < 1.29 is 9.15 Å². The summed E-state index contributed by atoms with van der Waals surface area (Å²) >= 11 is 0. The van der Waals surface area contributed by atoms with Crippen LogP contribution in [-0.2, 0) is 6.54 Å². The van der Waals surface area contributed by atoms with Gasteiger partial charge in [-0.1, -0.05) is 12.1 Å². The molecule has 2 aromatic carbocycles. The fourth-order valence-corrected chi connectivity index (χ4v) is 2.94. The first-order valence-electron chi connectivity index (χ1n) is 8.65. The number of hydrogen-bond acceptors (Lipinski definition) is 7. The minimum Gasteiger partial charge on any atom is -0.497 e. The van der Waals surface area contributed by atoms with E-state index in [4.69, 9.17) is 9.15 Å². The highest BCUT2D eigenvalue weighted by Gasteiger charge is 2.23. The van der Waals surface area contributed by atoms with Crippen LogP contribution in [0.2, 0.25) is 0 Å². The Bertz CT molecular complexity index is 939. The molecule has 1 atom stereocenters. The fourth-order valence-electron chi connectivity index (χ4n) is 2.94. The van der Waals surface area contributed by atoms with E-state index in [1.165, 1.54) is 0 Å². The van der Waals surface area contributed by atoms with E-state index in [-0.39, 0.29) is 6.04 Å². The van der Waals surface area contributed by atoms with E-state index in [9.17, 15) is 9.59 Å². The third-order valence-corrected chi connectivity index (χ3v) is 4.53. The van der Waals surface area contributed by atoms with Crippen molar-refractivity contribution >= 4 is 11.4 Å². The summed E-state index contributed by atoms with van der Waals surface area (Å²) in [5.41, 5.74) is 0.715. The molecule has 7 heteroatoms. The maximum atomic E-state index is 12.0. The van der Waals surface area contributed by atoms with Gasteiger partial charge in [0.1, 0.15) is 22.9 Å². The Morgan fingerprint density at radius 2 is 1.70 bits per heavy atom. The van der Waals surface area contributed by atoms with Gasteiger partial charge in [-0.3, -0.25) is 9.59 Å². The Labute approximate surface area is 157 Å². The molecular formula is C20H23N3O4. The van der Waals surface area contributed by atoms with Crippen LogP contribution in [0, 0.1) is 0 Å². The second-order valence-corrected chi connectivity index (χ2v) is 6.47. The molecule has 0 aliphatic carbocycles. The van der Waals surface area contributed by atoms with Crippen molar-refractivity contribution in [3.63, 3.8) is 0 Å². The van der Waals surface area contributed by atoms with Crippen LogP contribution in [0.4, 0.5) is 11.4 Å². The Morgan fingerprint density at radius 3 is 2.26 bits per heavy atom. The summed E-state index contributed by atoms with van der Waals surface area (Å²) < 4.78 is 10.4. The van der Waals surface area contributed by atoms with Crippen LogP contribution in [0.1, 0.15) is 17.4 Å². The summed E-state index contributed by atoms with van der Waals surface area (Å²) in [5, 5.41) is 6.11. The van der Waals surface area contributed by atoms with Crippen molar-refractivity contribution in [2.75, 3.05) is 38.4 Å². The van der Waals surface area contributed by atoms with Crippen molar-refractivity contribution in [2.45, 2.75) is 12.6 Å². The normalized spacial score (nSPS) is 12.3. The quantitative estimate of drug-likeness (QED) is 0.560. The topological polar surface area (TPSA) is 83.8 Å².